The van der Waals surface area contributed by atoms with Gasteiger partial charge in [0.25, 0.3) is 0 Å². The summed E-state index contributed by atoms with van der Waals surface area (Å²) >= 11 is 0. The van der Waals surface area contributed by atoms with Crippen molar-refractivity contribution in [1.82, 2.24) is 14.9 Å². The van der Waals surface area contributed by atoms with Crippen molar-refractivity contribution in [2.45, 2.75) is 39.8 Å². The van der Waals surface area contributed by atoms with E-state index in [4.69, 9.17) is 5.73 Å². The predicted octanol–water partition coefficient (Wildman–Crippen LogP) is 1.71. The minimum Gasteiger partial charge on any atom is -0.399 e. The number of fused-ring (bicyclic) bond motifs is 1. The second kappa shape index (κ2) is 5.30. The molecule has 0 saturated heterocycles. The van der Waals surface area contributed by atoms with E-state index >= 15 is 0 Å². The molecule has 0 bridgehead atoms. The molecule has 2 aromatic rings. The third-order valence-corrected chi connectivity index (χ3v) is 2.92. The van der Waals surface area contributed by atoms with Crippen LogP contribution in [-0.4, -0.2) is 21.5 Å². The standard InChI is InChI=1S/C14H20N4O/c1-4-13-17-11-7-10(15)5-6-12(11)18(13)8-14(19)16-9(2)3/h5-7,9H,4,8,15H2,1-3H3,(H,16,19). The molecule has 0 aliphatic heterocycles. The van der Waals surface area contributed by atoms with Crippen molar-refractivity contribution in [2.75, 3.05) is 5.73 Å². The molecule has 0 spiro atoms. The number of nitrogens with two attached hydrogens (primary N) is 1. The number of hydrogen-bond donors (Lipinski definition) is 2. The van der Waals surface area contributed by atoms with E-state index in [1.807, 2.05) is 43.5 Å². The Balaban J connectivity index is 2.38. The van der Waals surface area contributed by atoms with Gasteiger partial charge < -0.3 is 15.6 Å². The normalized spacial score (nSPS) is 11.2. The van der Waals surface area contributed by atoms with Gasteiger partial charge >= 0.3 is 0 Å². The highest BCUT2D eigenvalue weighted by molar-refractivity contribution is 5.83. The molecule has 19 heavy (non-hydrogen) atoms. The van der Waals surface area contributed by atoms with Crippen LogP contribution in [0.15, 0.2) is 18.2 Å². The number of carbonyl (C=O) groups excluding carboxylic acids is 1. The van der Waals surface area contributed by atoms with Gasteiger partial charge in [-0.05, 0) is 32.0 Å². The molecular weight excluding hydrogens is 240 g/mol. The largest absolute Gasteiger partial charge is 0.399 e. The number of aryl methyl sites for hydroxylation is 1. The van der Waals surface area contributed by atoms with Crippen LogP contribution in [-0.2, 0) is 17.8 Å². The highest BCUT2D eigenvalue weighted by atomic mass is 16.2. The van der Waals surface area contributed by atoms with E-state index in [0.717, 1.165) is 23.3 Å². The van der Waals surface area contributed by atoms with Gasteiger partial charge in [-0.2, -0.15) is 0 Å². The number of hydrogen-bond acceptors (Lipinski definition) is 3. The summed E-state index contributed by atoms with van der Waals surface area (Å²) in [5, 5.41) is 2.90. The molecule has 0 aliphatic rings. The van der Waals surface area contributed by atoms with Crippen LogP contribution < -0.4 is 11.1 Å². The van der Waals surface area contributed by atoms with Crippen LogP contribution in [0.4, 0.5) is 5.69 Å². The SMILES string of the molecule is CCc1nc2cc(N)ccc2n1CC(=O)NC(C)C. The second-order valence-electron chi connectivity index (χ2n) is 4.94. The van der Waals surface area contributed by atoms with Crippen molar-refractivity contribution in [3.63, 3.8) is 0 Å². The van der Waals surface area contributed by atoms with E-state index in [1.54, 1.807) is 0 Å². The first kappa shape index (κ1) is 13.4. The summed E-state index contributed by atoms with van der Waals surface area (Å²) < 4.78 is 1.95. The van der Waals surface area contributed by atoms with Gasteiger partial charge in [0, 0.05) is 18.2 Å². The van der Waals surface area contributed by atoms with E-state index in [9.17, 15) is 4.79 Å². The third kappa shape index (κ3) is 2.86. The molecule has 1 aromatic carbocycles. The number of benzene rings is 1. The fourth-order valence-electron chi connectivity index (χ4n) is 2.15. The number of nitrogen functional groups attached to an aromatic ring is 1. The molecule has 0 fully saturated rings. The van der Waals surface area contributed by atoms with Crippen LogP contribution in [0.25, 0.3) is 11.0 Å². The van der Waals surface area contributed by atoms with Gasteiger partial charge in [-0.3, -0.25) is 4.79 Å². The maximum atomic E-state index is 11.9. The Hall–Kier alpha value is -2.04. The summed E-state index contributed by atoms with van der Waals surface area (Å²) in [4.78, 5) is 16.4. The summed E-state index contributed by atoms with van der Waals surface area (Å²) in [7, 11) is 0. The average Bonchev–Trinajstić information content (AvgIpc) is 2.65. The Morgan fingerprint density at radius 3 is 2.84 bits per heavy atom. The van der Waals surface area contributed by atoms with Crippen LogP contribution >= 0.6 is 0 Å². The molecule has 3 N–H and O–H groups in total. The van der Waals surface area contributed by atoms with Gasteiger partial charge in [-0.1, -0.05) is 6.92 Å². The maximum Gasteiger partial charge on any atom is 0.240 e. The number of nitrogens with zero attached hydrogens (tertiary/aromatic N) is 2. The second-order valence-corrected chi connectivity index (χ2v) is 4.94. The monoisotopic (exact) mass is 260 g/mol. The fraction of sp³-hybridized carbons (Fsp3) is 0.429. The Morgan fingerprint density at radius 1 is 1.47 bits per heavy atom. The van der Waals surface area contributed by atoms with Gasteiger partial charge in [-0.15, -0.1) is 0 Å². The Morgan fingerprint density at radius 2 is 2.21 bits per heavy atom. The van der Waals surface area contributed by atoms with Crippen LogP contribution in [0.3, 0.4) is 0 Å². The molecule has 0 radical (unpaired) electrons. The average molecular weight is 260 g/mol. The molecule has 5 nitrogen and oxygen atoms in total. The maximum absolute atomic E-state index is 11.9. The molecular formula is C14H20N4O. The lowest BCUT2D eigenvalue weighted by Gasteiger charge is -2.11. The zero-order valence-corrected chi connectivity index (χ0v) is 11.6. The first-order valence-corrected chi connectivity index (χ1v) is 6.55. The zero-order chi connectivity index (χ0) is 14.0. The van der Waals surface area contributed by atoms with E-state index in [-0.39, 0.29) is 11.9 Å². The molecule has 2 rings (SSSR count). The number of amides is 1. The minimum absolute atomic E-state index is 0.000764. The molecule has 1 aromatic heterocycles. The molecule has 0 aliphatic carbocycles. The molecule has 0 unspecified atom stereocenters. The first-order valence-electron chi connectivity index (χ1n) is 6.55. The molecule has 102 valence electrons. The first-order chi connectivity index (χ1) is 9.01. The van der Waals surface area contributed by atoms with Gasteiger partial charge in [0.15, 0.2) is 0 Å². The van der Waals surface area contributed by atoms with Gasteiger partial charge in [-0.25, -0.2) is 4.98 Å². The van der Waals surface area contributed by atoms with Crippen LogP contribution in [0.2, 0.25) is 0 Å². The van der Waals surface area contributed by atoms with Gasteiger partial charge in [0.1, 0.15) is 12.4 Å². The summed E-state index contributed by atoms with van der Waals surface area (Å²) in [5.74, 6) is 0.903. The Labute approximate surface area is 112 Å². The van der Waals surface area contributed by atoms with Gasteiger partial charge in [0.2, 0.25) is 5.91 Å². The molecule has 1 amide bonds. The van der Waals surface area contributed by atoms with Crippen molar-refractivity contribution in [3.8, 4) is 0 Å². The van der Waals surface area contributed by atoms with Crippen molar-refractivity contribution in [1.29, 1.82) is 0 Å². The molecule has 1 heterocycles. The topological polar surface area (TPSA) is 72.9 Å². The van der Waals surface area contributed by atoms with E-state index in [2.05, 4.69) is 10.3 Å². The number of aromatic nitrogens is 2. The smallest absolute Gasteiger partial charge is 0.240 e. The van der Waals surface area contributed by atoms with Crippen LogP contribution in [0.1, 0.15) is 26.6 Å². The van der Waals surface area contributed by atoms with Crippen molar-refractivity contribution < 1.29 is 4.79 Å². The quantitative estimate of drug-likeness (QED) is 0.822. The van der Waals surface area contributed by atoms with E-state index in [1.165, 1.54) is 0 Å². The molecule has 5 heteroatoms. The Kier molecular flexibility index (Phi) is 3.74. The van der Waals surface area contributed by atoms with Crippen molar-refractivity contribution >= 4 is 22.6 Å². The molecule has 0 saturated carbocycles. The lowest BCUT2D eigenvalue weighted by atomic mass is 10.3. The van der Waals surface area contributed by atoms with E-state index < -0.39 is 0 Å². The molecule has 0 atom stereocenters. The van der Waals surface area contributed by atoms with Crippen molar-refractivity contribution in [3.05, 3.63) is 24.0 Å². The lowest BCUT2D eigenvalue weighted by Crippen LogP contribution is -2.33. The summed E-state index contributed by atoms with van der Waals surface area (Å²) in [5.41, 5.74) is 8.24. The summed E-state index contributed by atoms with van der Waals surface area (Å²) in [6.45, 7) is 6.22. The fourth-order valence-corrected chi connectivity index (χ4v) is 2.15. The predicted molar refractivity (Wildman–Crippen MR) is 76.8 cm³/mol. The third-order valence-electron chi connectivity index (χ3n) is 2.92. The highest BCUT2D eigenvalue weighted by Gasteiger charge is 2.13. The summed E-state index contributed by atoms with van der Waals surface area (Å²) in [6.07, 6.45) is 0.781. The number of imidazole rings is 1. The number of rotatable bonds is 4. The number of anilines is 1. The van der Waals surface area contributed by atoms with Crippen LogP contribution in [0, 0.1) is 0 Å². The zero-order valence-electron chi connectivity index (χ0n) is 11.6. The minimum atomic E-state index is 0.000764. The highest BCUT2D eigenvalue weighted by Crippen LogP contribution is 2.19. The van der Waals surface area contributed by atoms with E-state index in [0.29, 0.717) is 12.2 Å². The summed E-state index contributed by atoms with van der Waals surface area (Å²) in [6, 6.07) is 5.73. The Bertz CT molecular complexity index is 601. The number of carbonyl (C=O) groups is 1. The van der Waals surface area contributed by atoms with Gasteiger partial charge in [0.05, 0.1) is 11.0 Å². The number of nitrogens with one attached hydrogen (secondary N) is 1. The van der Waals surface area contributed by atoms with Crippen LogP contribution in [0.5, 0.6) is 0 Å². The van der Waals surface area contributed by atoms with Crippen molar-refractivity contribution in [2.24, 2.45) is 0 Å². The lowest BCUT2D eigenvalue weighted by molar-refractivity contribution is -0.122.